The molecular weight excluding hydrogens is 416 g/mol. The Bertz CT molecular complexity index is 1090. The van der Waals surface area contributed by atoms with E-state index in [-0.39, 0.29) is 24.8 Å². The second-order valence-electron chi connectivity index (χ2n) is 9.12. The number of hydrogen-bond acceptors (Lipinski definition) is 8. The van der Waals surface area contributed by atoms with Crippen LogP contribution in [0.1, 0.15) is 39.2 Å². The predicted octanol–water partition coefficient (Wildman–Crippen LogP) is 4.03. The molecular formula is C22H26N4O4S. The minimum atomic E-state index is -0.513. The van der Waals surface area contributed by atoms with Crippen molar-refractivity contribution in [1.82, 2.24) is 14.9 Å². The van der Waals surface area contributed by atoms with Crippen LogP contribution in [0.3, 0.4) is 0 Å². The summed E-state index contributed by atoms with van der Waals surface area (Å²) in [6.45, 7) is 6.84. The van der Waals surface area contributed by atoms with Crippen LogP contribution in [0.4, 0.5) is 10.8 Å². The highest BCUT2D eigenvalue weighted by atomic mass is 32.1. The van der Waals surface area contributed by atoms with Gasteiger partial charge in [0.05, 0.1) is 24.3 Å². The van der Waals surface area contributed by atoms with Crippen LogP contribution in [0, 0.1) is 0 Å². The van der Waals surface area contributed by atoms with Gasteiger partial charge in [0.15, 0.2) is 5.58 Å². The van der Waals surface area contributed by atoms with Crippen molar-refractivity contribution in [2.75, 3.05) is 18.0 Å². The number of ether oxygens (including phenoxy) is 1. The van der Waals surface area contributed by atoms with Crippen LogP contribution in [0.5, 0.6) is 0 Å². The second-order valence-corrected chi connectivity index (χ2v) is 10.0. The summed E-state index contributed by atoms with van der Waals surface area (Å²) in [7, 11) is 0. The lowest BCUT2D eigenvalue weighted by Crippen LogP contribution is -2.56. The number of carbonyl (C=O) groups excluding carboxylic acids is 1. The van der Waals surface area contributed by atoms with Gasteiger partial charge in [-0.25, -0.2) is 9.78 Å². The molecule has 2 bridgehead atoms. The molecule has 0 aliphatic carbocycles. The van der Waals surface area contributed by atoms with Crippen LogP contribution >= 0.6 is 11.3 Å². The van der Waals surface area contributed by atoms with Gasteiger partial charge >= 0.3 is 6.09 Å². The molecule has 3 aromatic rings. The fraction of sp³-hybridized carbons (Fsp3) is 0.500. The average Bonchev–Trinajstić information content (AvgIpc) is 3.44. The lowest BCUT2D eigenvalue weighted by atomic mass is 10.1. The second kappa shape index (κ2) is 7.49. The van der Waals surface area contributed by atoms with Crippen molar-refractivity contribution in [2.24, 2.45) is 0 Å². The van der Waals surface area contributed by atoms with Crippen molar-refractivity contribution < 1.29 is 19.1 Å². The van der Waals surface area contributed by atoms with Gasteiger partial charge in [-0.3, -0.25) is 4.90 Å². The van der Waals surface area contributed by atoms with Crippen LogP contribution in [-0.4, -0.2) is 56.8 Å². The van der Waals surface area contributed by atoms with Gasteiger partial charge in [-0.05, 0) is 39.7 Å². The molecule has 0 radical (unpaired) electrons. The van der Waals surface area contributed by atoms with E-state index < -0.39 is 5.60 Å². The van der Waals surface area contributed by atoms with Crippen molar-refractivity contribution in [3.63, 3.8) is 0 Å². The summed E-state index contributed by atoms with van der Waals surface area (Å²) in [5.74, 6) is 0. The molecule has 2 aliphatic heterocycles. The fourth-order valence-electron chi connectivity index (χ4n) is 4.51. The Morgan fingerprint density at radius 1 is 1.29 bits per heavy atom. The first-order valence-electron chi connectivity index (χ1n) is 10.5. The predicted molar refractivity (Wildman–Crippen MR) is 118 cm³/mol. The number of aliphatic hydroxyl groups is 1. The number of rotatable bonds is 3. The third kappa shape index (κ3) is 3.65. The van der Waals surface area contributed by atoms with Crippen molar-refractivity contribution in [3.8, 4) is 10.6 Å². The number of hydrogen-bond donors (Lipinski definition) is 1. The minimum Gasteiger partial charge on any atom is -0.444 e. The third-order valence-corrected chi connectivity index (χ3v) is 6.61. The molecule has 4 heterocycles. The van der Waals surface area contributed by atoms with E-state index in [1.54, 1.807) is 6.20 Å². The maximum atomic E-state index is 12.7. The van der Waals surface area contributed by atoms with Gasteiger partial charge in [-0.1, -0.05) is 6.07 Å². The van der Waals surface area contributed by atoms with Gasteiger partial charge in [0.25, 0.3) is 6.01 Å². The zero-order valence-corrected chi connectivity index (χ0v) is 18.7. The van der Waals surface area contributed by atoms with Gasteiger partial charge in [0.2, 0.25) is 0 Å². The summed E-state index contributed by atoms with van der Waals surface area (Å²) in [6.07, 6.45) is 3.39. The van der Waals surface area contributed by atoms with Crippen molar-refractivity contribution in [2.45, 2.75) is 57.9 Å². The molecule has 9 heteroatoms. The van der Waals surface area contributed by atoms with Gasteiger partial charge in [-0.15, -0.1) is 11.3 Å². The van der Waals surface area contributed by atoms with Crippen LogP contribution in [0.2, 0.25) is 0 Å². The highest BCUT2D eigenvalue weighted by Gasteiger charge is 2.45. The highest BCUT2D eigenvalue weighted by Crippen LogP contribution is 2.38. The standard InChI is InChI=1S/C22H26N4O4S/c1-22(2,3)30-21(28)26-14-5-6-15(26)11-25(10-14)20-24-17-13(12-27)4-7-16(18(17)29-20)19-23-8-9-31-19/h4,7-9,14-15,27H,5-6,10-12H2,1-3H3. The molecule has 164 valence electrons. The quantitative estimate of drug-likeness (QED) is 0.655. The summed E-state index contributed by atoms with van der Waals surface area (Å²) in [6, 6.07) is 4.45. The van der Waals surface area contributed by atoms with E-state index in [1.165, 1.54) is 11.3 Å². The number of carbonyl (C=O) groups is 1. The summed E-state index contributed by atoms with van der Waals surface area (Å²) >= 11 is 1.53. The van der Waals surface area contributed by atoms with Crippen LogP contribution in [0.25, 0.3) is 21.7 Å². The molecule has 2 unspecified atom stereocenters. The van der Waals surface area contributed by atoms with Gasteiger partial charge in [0, 0.05) is 30.2 Å². The maximum absolute atomic E-state index is 12.7. The zero-order chi connectivity index (χ0) is 21.8. The first-order valence-corrected chi connectivity index (χ1v) is 11.4. The molecule has 1 N–H and O–H groups in total. The summed E-state index contributed by atoms with van der Waals surface area (Å²) in [4.78, 5) is 25.9. The monoisotopic (exact) mass is 442 g/mol. The van der Waals surface area contributed by atoms with Crippen LogP contribution in [0.15, 0.2) is 28.1 Å². The number of anilines is 1. The smallest absolute Gasteiger partial charge is 0.410 e. The van der Waals surface area contributed by atoms with Crippen molar-refractivity contribution >= 4 is 34.5 Å². The maximum Gasteiger partial charge on any atom is 0.410 e. The number of benzene rings is 1. The number of thiazole rings is 1. The van der Waals surface area contributed by atoms with Crippen LogP contribution in [-0.2, 0) is 11.3 Å². The number of amides is 1. The summed E-state index contributed by atoms with van der Waals surface area (Å²) in [5, 5.41) is 12.6. The largest absolute Gasteiger partial charge is 0.444 e. The zero-order valence-electron chi connectivity index (χ0n) is 17.9. The van der Waals surface area contributed by atoms with Crippen molar-refractivity contribution in [1.29, 1.82) is 0 Å². The number of oxazole rings is 1. The Labute approximate surface area is 184 Å². The van der Waals surface area contributed by atoms with E-state index in [0.29, 0.717) is 30.2 Å². The Balaban J connectivity index is 1.45. The molecule has 2 saturated heterocycles. The number of piperazine rings is 1. The SMILES string of the molecule is CC(C)(C)OC(=O)N1C2CCC1CN(c1nc3c(CO)ccc(-c4nccs4)c3o1)C2. The molecule has 2 fully saturated rings. The molecule has 1 aromatic carbocycles. The van der Waals surface area contributed by atoms with E-state index in [0.717, 1.165) is 29.0 Å². The van der Waals surface area contributed by atoms with E-state index in [9.17, 15) is 9.90 Å². The van der Waals surface area contributed by atoms with Gasteiger partial charge in [0.1, 0.15) is 16.1 Å². The minimum absolute atomic E-state index is 0.0688. The molecule has 0 spiro atoms. The van der Waals surface area contributed by atoms with E-state index in [4.69, 9.17) is 14.1 Å². The lowest BCUT2D eigenvalue weighted by Gasteiger charge is -2.40. The Morgan fingerprint density at radius 2 is 2.03 bits per heavy atom. The molecule has 2 aromatic heterocycles. The highest BCUT2D eigenvalue weighted by molar-refractivity contribution is 7.13. The third-order valence-electron chi connectivity index (χ3n) is 5.81. The van der Waals surface area contributed by atoms with E-state index in [1.807, 2.05) is 43.2 Å². The number of aromatic nitrogens is 2. The summed E-state index contributed by atoms with van der Waals surface area (Å²) < 4.78 is 11.9. The molecule has 31 heavy (non-hydrogen) atoms. The first kappa shape index (κ1) is 20.3. The van der Waals surface area contributed by atoms with E-state index in [2.05, 4.69) is 9.88 Å². The number of nitrogens with zero attached hydrogens (tertiary/aromatic N) is 4. The molecule has 8 nitrogen and oxygen atoms in total. The molecule has 5 rings (SSSR count). The number of fused-ring (bicyclic) bond motifs is 3. The average molecular weight is 443 g/mol. The van der Waals surface area contributed by atoms with Gasteiger partial charge in [-0.2, -0.15) is 4.98 Å². The molecule has 0 saturated carbocycles. The molecule has 2 aliphatic rings. The summed E-state index contributed by atoms with van der Waals surface area (Å²) in [5.41, 5.74) is 2.38. The van der Waals surface area contributed by atoms with Gasteiger partial charge < -0.3 is 19.2 Å². The van der Waals surface area contributed by atoms with Crippen molar-refractivity contribution in [3.05, 3.63) is 29.3 Å². The number of aliphatic hydroxyl groups excluding tert-OH is 1. The molecule has 2 atom stereocenters. The lowest BCUT2D eigenvalue weighted by molar-refractivity contribution is 0.0120. The Hall–Kier alpha value is -2.65. The Kier molecular flexibility index (Phi) is 4.90. The topological polar surface area (TPSA) is 91.9 Å². The normalized spacial score (nSPS) is 21.2. The van der Waals surface area contributed by atoms with E-state index >= 15 is 0 Å². The molecule has 1 amide bonds. The Morgan fingerprint density at radius 3 is 2.65 bits per heavy atom. The first-order chi connectivity index (χ1) is 14.8. The fourth-order valence-corrected chi connectivity index (χ4v) is 5.17. The van der Waals surface area contributed by atoms with Crippen LogP contribution < -0.4 is 4.90 Å².